The van der Waals surface area contributed by atoms with Gasteiger partial charge in [0.05, 0.1) is 35.1 Å². The lowest BCUT2D eigenvalue weighted by molar-refractivity contribution is 0.00343. The minimum Gasteiger partial charge on any atom is -0.444 e. The predicted octanol–water partition coefficient (Wildman–Crippen LogP) is 5.65. The van der Waals surface area contributed by atoms with Gasteiger partial charge in [-0.1, -0.05) is 29.3 Å². The van der Waals surface area contributed by atoms with Crippen molar-refractivity contribution >= 4 is 64.0 Å². The number of hydrogen-bond acceptors (Lipinski definition) is 9. The molecule has 2 aliphatic rings. The van der Waals surface area contributed by atoms with E-state index in [-0.39, 0.29) is 24.7 Å². The van der Waals surface area contributed by atoms with Gasteiger partial charge in [0.15, 0.2) is 0 Å². The first-order valence-corrected chi connectivity index (χ1v) is 14.7. The van der Waals surface area contributed by atoms with Crippen LogP contribution < -0.4 is 20.0 Å². The topological polar surface area (TPSA) is 103 Å². The normalized spacial score (nSPS) is 17.2. The van der Waals surface area contributed by atoms with Gasteiger partial charge in [0.1, 0.15) is 17.0 Å². The number of carbonyl (C=O) groups excluding carboxylic acids is 2. The zero-order valence-electron chi connectivity index (χ0n) is 24.8. The average Bonchev–Trinajstić information content (AvgIpc) is 2.95. The van der Waals surface area contributed by atoms with E-state index in [9.17, 15) is 9.59 Å². The smallest absolute Gasteiger partial charge is 0.410 e. The van der Waals surface area contributed by atoms with E-state index in [2.05, 4.69) is 20.2 Å². The van der Waals surface area contributed by atoms with E-state index in [4.69, 9.17) is 32.7 Å². The molecule has 228 valence electrons. The molecule has 1 aromatic heterocycles. The zero-order chi connectivity index (χ0) is 30.9. The number of nitrogens with zero attached hydrogens (tertiary/aromatic N) is 6. The van der Waals surface area contributed by atoms with Crippen LogP contribution in [0.1, 0.15) is 31.1 Å². The molecular formula is C30H35Cl2N7O4. The number of hydrogen-bond donors (Lipinski definition) is 1. The maximum atomic E-state index is 13.3. The number of halogens is 2. The van der Waals surface area contributed by atoms with Gasteiger partial charge in [0.25, 0.3) is 5.91 Å². The molecule has 13 heteroatoms. The van der Waals surface area contributed by atoms with E-state index in [0.717, 1.165) is 11.4 Å². The number of piperazine rings is 1. The lowest BCUT2D eigenvalue weighted by Gasteiger charge is -2.42. The first-order valence-electron chi connectivity index (χ1n) is 13.9. The van der Waals surface area contributed by atoms with Gasteiger partial charge in [0, 0.05) is 51.4 Å². The molecule has 0 spiro atoms. The van der Waals surface area contributed by atoms with Crippen molar-refractivity contribution in [2.45, 2.75) is 32.4 Å². The van der Waals surface area contributed by atoms with Crippen molar-refractivity contribution in [3.05, 3.63) is 64.3 Å². The number of methoxy groups -OCH3 is 1. The van der Waals surface area contributed by atoms with Crippen LogP contribution in [-0.2, 0) is 9.47 Å². The van der Waals surface area contributed by atoms with Crippen LogP contribution in [0, 0.1) is 0 Å². The molecule has 1 fully saturated rings. The predicted molar refractivity (Wildman–Crippen MR) is 169 cm³/mol. The van der Waals surface area contributed by atoms with Gasteiger partial charge in [-0.15, -0.1) is 0 Å². The van der Waals surface area contributed by atoms with Crippen molar-refractivity contribution in [3.63, 3.8) is 0 Å². The quantitative estimate of drug-likeness (QED) is 0.371. The van der Waals surface area contributed by atoms with Crippen molar-refractivity contribution in [3.8, 4) is 0 Å². The number of anilines is 5. The van der Waals surface area contributed by atoms with Crippen molar-refractivity contribution < 1.29 is 19.1 Å². The first-order chi connectivity index (χ1) is 20.4. The minimum absolute atomic E-state index is 0.139. The van der Waals surface area contributed by atoms with E-state index in [1.54, 1.807) is 30.2 Å². The summed E-state index contributed by atoms with van der Waals surface area (Å²) < 4.78 is 11.0. The molecule has 0 saturated carbocycles. The fourth-order valence-corrected chi connectivity index (χ4v) is 5.75. The highest BCUT2D eigenvalue weighted by atomic mass is 35.5. The summed E-state index contributed by atoms with van der Waals surface area (Å²) in [5.41, 5.74) is 2.05. The van der Waals surface area contributed by atoms with E-state index < -0.39 is 5.60 Å². The monoisotopic (exact) mass is 627 g/mol. The summed E-state index contributed by atoms with van der Waals surface area (Å²) in [5, 5.41) is 4.01. The summed E-state index contributed by atoms with van der Waals surface area (Å²) in [5.74, 6) is 0.588. The average molecular weight is 629 g/mol. The highest BCUT2D eigenvalue weighted by molar-refractivity contribution is 6.40. The van der Waals surface area contributed by atoms with Gasteiger partial charge in [-0.25, -0.2) is 9.78 Å². The van der Waals surface area contributed by atoms with Crippen LogP contribution in [0.3, 0.4) is 0 Å². The van der Waals surface area contributed by atoms with Crippen LogP contribution in [0.25, 0.3) is 0 Å². The minimum atomic E-state index is -0.563. The number of aromatic nitrogens is 2. The maximum Gasteiger partial charge on any atom is 0.410 e. The van der Waals surface area contributed by atoms with Gasteiger partial charge in [-0.05, 0) is 57.2 Å². The van der Waals surface area contributed by atoms with Crippen molar-refractivity contribution in [2.75, 3.05) is 67.1 Å². The first kappa shape index (κ1) is 30.7. The standard InChI is InChI=1S/C30H35Cl2N7O4/c1-30(2,3)43-29(41)38-14-13-37(16-21(38)17-42-5)20-11-9-19(10-12-20)34-28-33-15-22-26(35-28)36(4)18-39(27(22)40)25-23(31)7-6-8-24(25)32/h6-12,15,21H,13-14,16-18H2,1-5H3,(H,33,34,35)/t21-/m1/s1. The third-order valence-corrected chi connectivity index (χ3v) is 7.74. The fraction of sp³-hybridized carbons (Fsp3) is 0.400. The van der Waals surface area contributed by atoms with Crippen LogP contribution in [0.2, 0.25) is 10.0 Å². The molecule has 0 unspecified atom stereocenters. The highest BCUT2D eigenvalue weighted by Crippen LogP contribution is 2.37. The molecule has 5 rings (SSSR count). The van der Waals surface area contributed by atoms with Crippen LogP contribution in [0.4, 0.5) is 33.6 Å². The van der Waals surface area contributed by atoms with Crippen molar-refractivity contribution in [1.29, 1.82) is 0 Å². The Balaban J connectivity index is 1.27. The Bertz CT molecular complexity index is 1480. The second-order valence-corrected chi connectivity index (χ2v) is 12.3. The zero-order valence-corrected chi connectivity index (χ0v) is 26.3. The fourth-order valence-electron chi connectivity index (χ4n) is 5.15. The molecule has 2 aliphatic heterocycles. The van der Waals surface area contributed by atoms with Crippen LogP contribution in [-0.4, -0.2) is 85.6 Å². The molecule has 2 aromatic carbocycles. The van der Waals surface area contributed by atoms with Gasteiger partial charge in [-0.2, -0.15) is 4.98 Å². The Hall–Kier alpha value is -3.80. The Morgan fingerprint density at radius 1 is 1.09 bits per heavy atom. The number of para-hydroxylation sites is 1. The van der Waals surface area contributed by atoms with Crippen molar-refractivity contribution in [1.82, 2.24) is 14.9 Å². The van der Waals surface area contributed by atoms with Gasteiger partial charge in [-0.3, -0.25) is 14.6 Å². The molecule has 1 N–H and O–H groups in total. The second kappa shape index (κ2) is 12.4. The molecule has 43 heavy (non-hydrogen) atoms. The third-order valence-electron chi connectivity index (χ3n) is 7.13. The molecule has 11 nitrogen and oxygen atoms in total. The van der Waals surface area contributed by atoms with E-state index >= 15 is 0 Å². The van der Waals surface area contributed by atoms with E-state index in [1.807, 2.05) is 57.0 Å². The molecule has 3 aromatic rings. The maximum absolute atomic E-state index is 13.3. The molecule has 2 amide bonds. The number of benzene rings is 2. The summed E-state index contributed by atoms with van der Waals surface area (Å²) in [6, 6.07) is 12.9. The Morgan fingerprint density at radius 2 is 1.79 bits per heavy atom. The SMILES string of the molecule is COC[C@H]1CN(c2ccc(Nc3ncc4c(n3)N(C)CN(c3c(Cl)cccc3Cl)C4=O)cc2)CCN1C(=O)OC(C)(C)C. The Kier molecular flexibility index (Phi) is 8.86. The van der Waals surface area contributed by atoms with Crippen molar-refractivity contribution in [2.24, 2.45) is 0 Å². The number of fused-ring (bicyclic) bond motifs is 1. The summed E-state index contributed by atoms with van der Waals surface area (Å²) in [4.78, 5) is 42.5. The molecular weight excluding hydrogens is 593 g/mol. The van der Waals surface area contributed by atoms with Gasteiger partial charge < -0.3 is 24.6 Å². The largest absolute Gasteiger partial charge is 0.444 e. The van der Waals surface area contributed by atoms with E-state index in [0.29, 0.717) is 59.3 Å². The number of rotatable bonds is 6. The highest BCUT2D eigenvalue weighted by Gasteiger charge is 2.34. The van der Waals surface area contributed by atoms with Crippen LogP contribution in [0.5, 0.6) is 0 Å². The summed E-state index contributed by atoms with van der Waals surface area (Å²) in [6.07, 6.45) is 1.18. The molecule has 0 bridgehead atoms. The lowest BCUT2D eigenvalue weighted by atomic mass is 10.1. The number of nitrogens with one attached hydrogen (secondary N) is 1. The number of ether oxygens (including phenoxy) is 2. The van der Waals surface area contributed by atoms with Gasteiger partial charge >= 0.3 is 6.09 Å². The molecule has 3 heterocycles. The van der Waals surface area contributed by atoms with Crippen LogP contribution in [0.15, 0.2) is 48.7 Å². The van der Waals surface area contributed by atoms with Crippen LogP contribution >= 0.6 is 23.2 Å². The number of amides is 2. The molecule has 1 saturated heterocycles. The lowest BCUT2D eigenvalue weighted by Crippen LogP contribution is -2.57. The number of carbonyl (C=O) groups is 2. The molecule has 0 radical (unpaired) electrons. The molecule has 1 atom stereocenters. The summed E-state index contributed by atoms with van der Waals surface area (Å²) in [6.45, 7) is 8.03. The third kappa shape index (κ3) is 6.74. The second-order valence-electron chi connectivity index (χ2n) is 11.5. The van der Waals surface area contributed by atoms with E-state index in [1.165, 1.54) is 11.1 Å². The molecule has 0 aliphatic carbocycles. The summed E-state index contributed by atoms with van der Waals surface area (Å²) >= 11 is 12.7. The summed E-state index contributed by atoms with van der Waals surface area (Å²) in [7, 11) is 3.47. The Labute approximate surface area is 261 Å². The Morgan fingerprint density at radius 3 is 2.44 bits per heavy atom. The van der Waals surface area contributed by atoms with Gasteiger partial charge in [0.2, 0.25) is 5.95 Å².